The number of hydrogen-bond donors (Lipinski definition) is 0. The van der Waals surface area contributed by atoms with Gasteiger partial charge in [-0.3, -0.25) is 19.2 Å². The Morgan fingerprint density at radius 1 is 1.03 bits per heavy atom. The Kier molecular flexibility index (Phi) is 7.48. The average molecular weight is 436 g/mol. The van der Waals surface area contributed by atoms with Crippen LogP contribution in [0.1, 0.15) is 24.2 Å². The summed E-state index contributed by atoms with van der Waals surface area (Å²) in [6.07, 6.45) is 0. The average Bonchev–Trinajstić information content (AvgIpc) is 2.72. The van der Waals surface area contributed by atoms with Crippen LogP contribution in [0.5, 0.6) is 0 Å². The molecule has 0 aromatic heterocycles. The molecule has 0 aliphatic carbocycles. The van der Waals surface area contributed by atoms with Crippen LogP contribution in [0.15, 0.2) is 53.4 Å². The molecule has 0 radical (unpaired) electrons. The summed E-state index contributed by atoms with van der Waals surface area (Å²) in [6.45, 7) is 2.80. The lowest BCUT2D eigenvalue weighted by Crippen LogP contribution is -2.36. The van der Waals surface area contributed by atoms with Crippen molar-refractivity contribution in [2.45, 2.75) is 18.7 Å². The second kappa shape index (κ2) is 9.83. The highest BCUT2D eigenvalue weighted by molar-refractivity contribution is 7.92. The Bertz CT molecular complexity index is 1030. The Balaban J connectivity index is 2.49. The summed E-state index contributed by atoms with van der Waals surface area (Å²) >= 11 is 0. The van der Waals surface area contributed by atoms with E-state index in [4.69, 9.17) is 9.47 Å². The van der Waals surface area contributed by atoms with Crippen molar-refractivity contribution in [3.63, 3.8) is 0 Å². The van der Waals surface area contributed by atoms with Gasteiger partial charge in [0.15, 0.2) is 0 Å². The third-order valence-electron chi connectivity index (χ3n) is 3.86. The number of nitro groups is 1. The SMILES string of the molecule is CCOC(=O)CN(c1ccc(C(=O)OCC)cc1)S(=O)(=O)c1cccc([N+](=O)[O-])c1. The molecule has 0 atom stereocenters. The number of carbonyl (C=O) groups excluding carboxylic acids is 2. The van der Waals surface area contributed by atoms with Crippen molar-refractivity contribution in [2.24, 2.45) is 0 Å². The lowest BCUT2D eigenvalue weighted by molar-refractivity contribution is -0.385. The third kappa shape index (κ3) is 5.32. The first kappa shape index (κ1) is 22.8. The fraction of sp³-hybridized carbons (Fsp3) is 0.263. The van der Waals surface area contributed by atoms with Crippen LogP contribution in [0.25, 0.3) is 0 Å². The molecular formula is C19H20N2O8S. The molecule has 0 N–H and O–H groups in total. The number of benzene rings is 2. The van der Waals surface area contributed by atoms with Crippen molar-refractivity contribution in [1.82, 2.24) is 0 Å². The standard InChI is InChI=1S/C19H20N2O8S/c1-3-28-18(22)13-20(15-10-8-14(9-11-15)19(23)29-4-2)30(26,27)17-7-5-6-16(12-17)21(24)25/h5-12H,3-4,13H2,1-2H3. The van der Waals surface area contributed by atoms with Gasteiger partial charge in [-0.2, -0.15) is 0 Å². The van der Waals surface area contributed by atoms with E-state index in [1.807, 2.05) is 0 Å². The molecular weight excluding hydrogens is 416 g/mol. The molecule has 0 amide bonds. The molecule has 2 rings (SSSR count). The zero-order valence-corrected chi connectivity index (χ0v) is 17.1. The summed E-state index contributed by atoms with van der Waals surface area (Å²) in [5.74, 6) is -1.39. The van der Waals surface area contributed by atoms with E-state index in [9.17, 15) is 28.1 Å². The number of rotatable bonds is 9. The highest BCUT2D eigenvalue weighted by Crippen LogP contribution is 2.26. The van der Waals surface area contributed by atoms with Crippen LogP contribution in [0.2, 0.25) is 0 Å². The van der Waals surface area contributed by atoms with Crippen molar-refractivity contribution in [3.8, 4) is 0 Å². The molecule has 11 heteroatoms. The molecule has 0 fully saturated rings. The van der Waals surface area contributed by atoms with Crippen molar-refractivity contribution >= 4 is 33.3 Å². The Morgan fingerprint density at radius 3 is 2.23 bits per heavy atom. The maximum Gasteiger partial charge on any atom is 0.338 e. The van der Waals surface area contributed by atoms with Gasteiger partial charge in [-0.05, 0) is 44.2 Å². The van der Waals surface area contributed by atoms with Gasteiger partial charge >= 0.3 is 11.9 Å². The van der Waals surface area contributed by atoms with E-state index >= 15 is 0 Å². The molecule has 0 spiro atoms. The smallest absolute Gasteiger partial charge is 0.338 e. The molecule has 0 aliphatic heterocycles. The molecule has 0 bridgehead atoms. The predicted octanol–water partition coefficient (Wildman–Crippen LogP) is 2.53. The number of esters is 2. The molecule has 0 saturated carbocycles. The van der Waals surface area contributed by atoms with E-state index in [0.717, 1.165) is 16.4 Å². The monoisotopic (exact) mass is 436 g/mol. The second-order valence-corrected chi connectivity index (χ2v) is 7.70. The summed E-state index contributed by atoms with van der Waals surface area (Å²) in [5.41, 5.74) is -0.142. The van der Waals surface area contributed by atoms with Gasteiger partial charge in [-0.15, -0.1) is 0 Å². The van der Waals surface area contributed by atoms with Gasteiger partial charge in [-0.1, -0.05) is 6.07 Å². The van der Waals surface area contributed by atoms with E-state index in [0.29, 0.717) is 0 Å². The molecule has 160 valence electrons. The zero-order valence-electron chi connectivity index (χ0n) is 16.3. The Hall–Kier alpha value is -3.47. The van der Waals surface area contributed by atoms with Gasteiger partial charge < -0.3 is 9.47 Å². The number of anilines is 1. The number of sulfonamides is 1. The van der Waals surface area contributed by atoms with Gasteiger partial charge in [0.25, 0.3) is 15.7 Å². The Labute approximate surface area is 173 Å². The van der Waals surface area contributed by atoms with Gasteiger partial charge in [0.2, 0.25) is 0 Å². The first-order valence-electron chi connectivity index (χ1n) is 8.90. The minimum atomic E-state index is -4.35. The number of non-ortho nitro benzene ring substituents is 1. The van der Waals surface area contributed by atoms with Gasteiger partial charge in [0.05, 0.1) is 34.3 Å². The van der Waals surface area contributed by atoms with Crippen LogP contribution < -0.4 is 4.31 Å². The molecule has 10 nitrogen and oxygen atoms in total. The molecule has 0 saturated heterocycles. The maximum atomic E-state index is 13.2. The van der Waals surface area contributed by atoms with E-state index in [-0.39, 0.29) is 29.4 Å². The molecule has 0 unspecified atom stereocenters. The zero-order chi connectivity index (χ0) is 22.3. The highest BCUT2D eigenvalue weighted by Gasteiger charge is 2.29. The summed E-state index contributed by atoms with van der Waals surface area (Å²) in [4.78, 5) is 33.8. The topological polar surface area (TPSA) is 133 Å². The number of ether oxygens (including phenoxy) is 2. The van der Waals surface area contributed by atoms with Gasteiger partial charge in [-0.25, -0.2) is 13.2 Å². The first-order valence-corrected chi connectivity index (χ1v) is 10.3. The molecule has 2 aromatic rings. The molecule has 30 heavy (non-hydrogen) atoms. The predicted molar refractivity (Wildman–Crippen MR) is 107 cm³/mol. The van der Waals surface area contributed by atoms with Crippen LogP contribution in [-0.4, -0.2) is 45.0 Å². The third-order valence-corrected chi connectivity index (χ3v) is 5.63. The number of carbonyl (C=O) groups is 2. The minimum Gasteiger partial charge on any atom is -0.465 e. The lowest BCUT2D eigenvalue weighted by atomic mass is 10.2. The van der Waals surface area contributed by atoms with E-state index in [1.54, 1.807) is 13.8 Å². The fourth-order valence-electron chi connectivity index (χ4n) is 2.50. The van der Waals surface area contributed by atoms with E-state index < -0.39 is 39.1 Å². The second-order valence-electron chi connectivity index (χ2n) is 5.84. The van der Waals surface area contributed by atoms with Crippen molar-refractivity contribution in [2.75, 3.05) is 24.1 Å². The van der Waals surface area contributed by atoms with E-state index in [1.165, 1.54) is 36.4 Å². The van der Waals surface area contributed by atoms with E-state index in [2.05, 4.69) is 0 Å². The minimum absolute atomic E-state index is 0.0470. The summed E-state index contributed by atoms with van der Waals surface area (Å²) in [7, 11) is -4.35. The van der Waals surface area contributed by atoms with Crippen molar-refractivity contribution in [3.05, 3.63) is 64.2 Å². The largest absolute Gasteiger partial charge is 0.465 e. The first-order chi connectivity index (χ1) is 14.2. The van der Waals surface area contributed by atoms with Crippen molar-refractivity contribution < 1.29 is 32.4 Å². The van der Waals surface area contributed by atoms with Crippen LogP contribution in [0.4, 0.5) is 11.4 Å². The highest BCUT2D eigenvalue weighted by atomic mass is 32.2. The lowest BCUT2D eigenvalue weighted by Gasteiger charge is -2.23. The van der Waals surface area contributed by atoms with Crippen LogP contribution in [-0.2, 0) is 24.3 Å². The summed E-state index contributed by atoms with van der Waals surface area (Å²) in [6, 6.07) is 9.86. The van der Waals surface area contributed by atoms with Crippen molar-refractivity contribution in [1.29, 1.82) is 0 Å². The molecule has 0 aliphatic rings. The Morgan fingerprint density at radius 2 is 1.67 bits per heavy atom. The summed E-state index contributed by atoms with van der Waals surface area (Å²) < 4.78 is 36.8. The maximum absolute atomic E-state index is 13.2. The molecule has 2 aromatic carbocycles. The van der Waals surface area contributed by atoms with Crippen LogP contribution >= 0.6 is 0 Å². The fourth-order valence-corrected chi connectivity index (χ4v) is 3.95. The number of nitrogens with zero attached hydrogens (tertiary/aromatic N) is 2. The van der Waals surface area contributed by atoms with Crippen LogP contribution in [0.3, 0.4) is 0 Å². The summed E-state index contributed by atoms with van der Waals surface area (Å²) in [5, 5.41) is 11.0. The van der Waals surface area contributed by atoms with Gasteiger partial charge in [0.1, 0.15) is 6.54 Å². The number of hydrogen-bond acceptors (Lipinski definition) is 8. The van der Waals surface area contributed by atoms with Crippen LogP contribution in [0, 0.1) is 10.1 Å². The number of nitro benzene ring substituents is 1. The van der Waals surface area contributed by atoms with Gasteiger partial charge in [0, 0.05) is 12.1 Å². The quantitative estimate of drug-likeness (QED) is 0.333. The molecule has 0 heterocycles. The normalized spacial score (nSPS) is 10.9.